The maximum Gasteiger partial charge on any atom is 0.257 e. The van der Waals surface area contributed by atoms with Crippen molar-refractivity contribution in [2.75, 3.05) is 55.6 Å². The van der Waals surface area contributed by atoms with Gasteiger partial charge in [-0.3, -0.25) is 9.59 Å². The number of hydrogen-bond acceptors (Lipinski definition) is 5. The molecule has 1 aromatic carbocycles. The molecule has 6 rings (SSSR count). The lowest BCUT2D eigenvalue weighted by atomic mass is 9.76. The number of aromatic nitrogens is 1. The summed E-state index contributed by atoms with van der Waals surface area (Å²) in [5.41, 5.74) is 1.84. The van der Waals surface area contributed by atoms with Gasteiger partial charge in [0.1, 0.15) is 5.82 Å². The van der Waals surface area contributed by atoms with E-state index < -0.39 is 0 Å². The van der Waals surface area contributed by atoms with Crippen molar-refractivity contribution in [2.45, 2.75) is 31.7 Å². The maximum atomic E-state index is 13.6. The zero-order valence-electron chi connectivity index (χ0n) is 20.0. The van der Waals surface area contributed by atoms with Crippen LogP contribution in [0.3, 0.4) is 0 Å². The number of hydrogen-bond donors (Lipinski definition) is 0. The van der Waals surface area contributed by atoms with E-state index in [0.29, 0.717) is 48.9 Å². The van der Waals surface area contributed by atoms with Crippen molar-refractivity contribution in [2.24, 2.45) is 11.8 Å². The van der Waals surface area contributed by atoms with Gasteiger partial charge in [0, 0.05) is 75.2 Å². The van der Waals surface area contributed by atoms with Crippen LogP contribution in [0, 0.1) is 11.8 Å². The van der Waals surface area contributed by atoms with E-state index in [1.807, 2.05) is 41.3 Å². The first kappa shape index (κ1) is 22.7. The molecule has 7 nitrogen and oxygen atoms in total. The number of halogens is 1. The van der Waals surface area contributed by atoms with Crippen molar-refractivity contribution in [1.82, 2.24) is 14.8 Å². The van der Waals surface area contributed by atoms with Crippen molar-refractivity contribution < 1.29 is 9.59 Å². The van der Waals surface area contributed by atoms with Gasteiger partial charge < -0.3 is 19.6 Å². The molecule has 0 saturated carbocycles. The van der Waals surface area contributed by atoms with E-state index in [2.05, 4.69) is 14.7 Å². The van der Waals surface area contributed by atoms with Crippen molar-refractivity contribution >= 4 is 34.9 Å². The predicted molar refractivity (Wildman–Crippen MR) is 137 cm³/mol. The first-order chi connectivity index (χ1) is 17.1. The van der Waals surface area contributed by atoms with Crippen molar-refractivity contribution in [3.8, 4) is 0 Å². The van der Waals surface area contributed by atoms with Crippen LogP contribution in [0.2, 0.25) is 5.02 Å². The Labute approximate surface area is 211 Å². The van der Waals surface area contributed by atoms with Gasteiger partial charge in [0.25, 0.3) is 5.91 Å². The van der Waals surface area contributed by atoms with Crippen LogP contribution in [0.15, 0.2) is 42.6 Å². The molecule has 5 heterocycles. The maximum absolute atomic E-state index is 13.6. The molecular weight excluding hydrogens is 462 g/mol. The number of benzene rings is 1. The first-order valence-electron chi connectivity index (χ1n) is 12.9. The van der Waals surface area contributed by atoms with Crippen LogP contribution in [0.25, 0.3) is 0 Å². The van der Waals surface area contributed by atoms with Gasteiger partial charge in [-0.05, 0) is 67.5 Å². The van der Waals surface area contributed by atoms with E-state index in [4.69, 9.17) is 16.6 Å². The number of rotatable bonds is 3. The number of carbonyl (C=O) groups is 2. The van der Waals surface area contributed by atoms with Crippen LogP contribution in [-0.4, -0.2) is 78.5 Å². The molecule has 2 aromatic rings. The molecule has 2 bridgehead atoms. The SMILES string of the molecule is O=C(c1cccnc1N1CC2CC(C1)[C@H]1CCCC(=O)N1C2)N1CCN(c2ccc(Cl)cc2)CC1. The smallest absolute Gasteiger partial charge is 0.257 e. The molecule has 8 heteroatoms. The summed E-state index contributed by atoms with van der Waals surface area (Å²) >= 11 is 6.03. The van der Waals surface area contributed by atoms with Crippen LogP contribution in [-0.2, 0) is 4.79 Å². The average molecular weight is 494 g/mol. The highest BCUT2D eigenvalue weighted by Gasteiger charge is 2.44. The number of piperidine rings is 3. The summed E-state index contributed by atoms with van der Waals surface area (Å²) < 4.78 is 0. The van der Waals surface area contributed by atoms with Crippen LogP contribution in [0.1, 0.15) is 36.0 Å². The van der Waals surface area contributed by atoms with Gasteiger partial charge in [-0.1, -0.05) is 11.6 Å². The number of nitrogens with zero attached hydrogens (tertiary/aromatic N) is 5. The number of carbonyl (C=O) groups excluding carboxylic acids is 2. The molecule has 0 N–H and O–H groups in total. The van der Waals surface area contributed by atoms with Gasteiger partial charge in [0.05, 0.1) is 5.56 Å². The van der Waals surface area contributed by atoms with Gasteiger partial charge in [-0.15, -0.1) is 0 Å². The quantitative estimate of drug-likeness (QED) is 0.654. The Bertz CT molecular complexity index is 1100. The Balaban J connectivity index is 1.16. The molecule has 35 heavy (non-hydrogen) atoms. The van der Waals surface area contributed by atoms with Crippen molar-refractivity contribution in [1.29, 1.82) is 0 Å². The summed E-state index contributed by atoms with van der Waals surface area (Å²) in [7, 11) is 0. The monoisotopic (exact) mass is 493 g/mol. The molecular formula is C27H32ClN5O2. The normalized spacial score (nSPS) is 26.5. The van der Waals surface area contributed by atoms with Gasteiger partial charge in [-0.2, -0.15) is 0 Å². The van der Waals surface area contributed by atoms with Crippen LogP contribution in [0.5, 0.6) is 0 Å². The van der Waals surface area contributed by atoms with Gasteiger partial charge >= 0.3 is 0 Å². The third-order valence-corrected chi connectivity index (χ3v) is 8.51. The molecule has 4 fully saturated rings. The van der Waals surface area contributed by atoms with Crippen molar-refractivity contribution in [3.05, 3.63) is 53.2 Å². The number of piperazine rings is 1. The second-order valence-corrected chi connectivity index (χ2v) is 10.8. The van der Waals surface area contributed by atoms with E-state index >= 15 is 0 Å². The summed E-state index contributed by atoms with van der Waals surface area (Å²) in [6, 6.07) is 12.0. The van der Waals surface area contributed by atoms with E-state index in [1.54, 1.807) is 6.20 Å². The van der Waals surface area contributed by atoms with E-state index in [1.165, 1.54) is 6.42 Å². The predicted octanol–water partition coefficient (Wildman–Crippen LogP) is 3.53. The standard InChI is InChI=1S/C27H32ClN5O2/c28-21-6-8-22(9-7-21)30-11-13-31(14-12-30)27(35)23-3-2-10-29-26(23)32-16-19-15-20(18-32)24-4-1-5-25(34)33(24)17-19/h2-3,6-10,19-20,24H,1,4-5,11-18H2/t19?,20?,24-/m1/s1. The molecule has 2 unspecified atom stereocenters. The molecule has 4 aliphatic heterocycles. The summed E-state index contributed by atoms with van der Waals surface area (Å²) in [6.07, 6.45) is 5.77. The molecule has 0 spiro atoms. The van der Waals surface area contributed by atoms with Gasteiger partial charge in [0.15, 0.2) is 0 Å². The number of fused-ring (bicyclic) bond motifs is 4. The Morgan fingerprint density at radius 3 is 2.57 bits per heavy atom. The lowest BCUT2D eigenvalue weighted by Crippen LogP contribution is -2.60. The fourth-order valence-corrected chi connectivity index (χ4v) is 6.71. The summed E-state index contributed by atoms with van der Waals surface area (Å²) in [4.78, 5) is 39.6. The Kier molecular flexibility index (Phi) is 6.04. The average Bonchev–Trinajstić information content (AvgIpc) is 2.89. The van der Waals surface area contributed by atoms with Gasteiger partial charge in [0.2, 0.25) is 5.91 Å². The highest BCUT2D eigenvalue weighted by Crippen LogP contribution is 2.39. The Hall–Kier alpha value is -2.80. The highest BCUT2D eigenvalue weighted by atomic mass is 35.5. The number of anilines is 2. The topological polar surface area (TPSA) is 60.0 Å². The minimum Gasteiger partial charge on any atom is -0.368 e. The van der Waals surface area contributed by atoms with E-state index in [9.17, 15) is 9.59 Å². The first-order valence-corrected chi connectivity index (χ1v) is 13.2. The fourth-order valence-electron chi connectivity index (χ4n) is 6.59. The summed E-state index contributed by atoms with van der Waals surface area (Å²) in [5.74, 6) is 2.10. The third-order valence-electron chi connectivity index (χ3n) is 8.26. The van der Waals surface area contributed by atoms with Crippen LogP contribution >= 0.6 is 11.6 Å². The summed E-state index contributed by atoms with van der Waals surface area (Å²) in [6.45, 7) is 5.52. The van der Waals surface area contributed by atoms with E-state index in [-0.39, 0.29) is 5.91 Å². The Morgan fingerprint density at radius 1 is 0.971 bits per heavy atom. The lowest BCUT2D eigenvalue weighted by molar-refractivity contribution is -0.142. The number of pyridine rings is 1. The zero-order chi connectivity index (χ0) is 23.9. The third kappa shape index (κ3) is 4.35. The van der Waals surface area contributed by atoms with Gasteiger partial charge in [-0.25, -0.2) is 4.98 Å². The van der Waals surface area contributed by atoms with E-state index in [0.717, 1.165) is 62.1 Å². The van der Waals surface area contributed by atoms with Crippen LogP contribution in [0.4, 0.5) is 11.5 Å². The number of amides is 2. The largest absolute Gasteiger partial charge is 0.368 e. The highest BCUT2D eigenvalue weighted by molar-refractivity contribution is 6.30. The fraction of sp³-hybridized carbons (Fsp3) is 0.519. The zero-order valence-corrected chi connectivity index (χ0v) is 20.7. The molecule has 3 atom stereocenters. The second kappa shape index (κ2) is 9.34. The Morgan fingerprint density at radius 2 is 1.77 bits per heavy atom. The molecule has 2 amide bonds. The molecule has 1 aromatic heterocycles. The second-order valence-electron chi connectivity index (χ2n) is 10.4. The molecule has 0 radical (unpaired) electrons. The lowest BCUT2D eigenvalue weighted by Gasteiger charge is -2.52. The minimum absolute atomic E-state index is 0.0639. The van der Waals surface area contributed by atoms with Crippen LogP contribution < -0.4 is 9.80 Å². The van der Waals surface area contributed by atoms with Crippen molar-refractivity contribution in [3.63, 3.8) is 0 Å². The molecule has 4 saturated heterocycles. The molecule has 184 valence electrons. The summed E-state index contributed by atoms with van der Waals surface area (Å²) in [5, 5.41) is 0.733. The molecule has 0 aliphatic carbocycles. The molecule has 4 aliphatic rings. The minimum atomic E-state index is 0.0639.